The summed E-state index contributed by atoms with van der Waals surface area (Å²) in [5.74, 6) is 0.890. The van der Waals surface area contributed by atoms with Crippen LogP contribution in [0.2, 0.25) is 0 Å². The summed E-state index contributed by atoms with van der Waals surface area (Å²) in [6.07, 6.45) is 1.74. The van der Waals surface area contributed by atoms with Gasteiger partial charge in [-0.1, -0.05) is 6.07 Å². The number of hydrogen-bond acceptors (Lipinski definition) is 4. The van der Waals surface area contributed by atoms with Crippen LogP contribution >= 0.6 is 27.3 Å². The van der Waals surface area contributed by atoms with Gasteiger partial charge in [0.05, 0.1) is 27.8 Å². The Labute approximate surface area is 178 Å². The van der Waals surface area contributed by atoms with E-state index in [4.69, 9.17) is 4.74 Å². The largest absolute Gasteiger partial charge is 0.489 e. The molecule has 148 valence electrons. The molecular weight excluding hydrogens is 438 g/mol. The van der Waals surface area contributed by atoms with Crippen molar-refractivity contribution in [2.24, 2.45) is 7.05 Å². The molecule has 0 saturated heterocycles. The number of benzene rings is 1. The topological polar surface area (TPSA) is 47.4 Å². The van der Waals surface area contributed by atoms with Gasteiger partial charge in [0.15, 0.2) is 0 Å². The number of nitrogens with zero attached hydrogens (tertiary/aromatic N) is 3. The van der Waals surface area contributed by atoms with Crippen molar-refractivity contribution >= 4 is 33.2 Å². The van der Waals surface area contributed by atoms with Crippen LogP contribution in [0.5, 0.6) is 5.75 Å². The Morgan fingerprint density at radius 3 is 2.71 bits per heavy atom. The summed E-state index contributed by atoms with van der Waals surface area (Å²) in [6, 6.07) is 6.13. The van der Waals surface area contributed by atoms with Gasteiger partial charge in [-0.3, -0.25) is 9.48 Å². The molecule has 0 aliphatic carbocycles. The molecule has 2 heterocycles. The Kier molecular flexibility index (Phi) is 6.25. The first-order valence-electron chi connectivity index (χ1n) is 8.96. The minimum absolute atomic E-state index is 0.00747. The number of rotatable bonds is 6. The quantitative estimate of drug-likeness (QED) is 0.517. The number of carbonyl (C=O) groups excluding carboxylic acids is 1. The molecule has 5 nitrogen and oxygen atoms in total. The lowest BCUT2D eigenvalue weighted by molar-refractivity contribution is 0.0786. The molecule has 3 rings (SSSR count). The Balaban J connectivity index is 1.66. The molecular formula is C21H24BrN3O2S. The monoisotopic (exact) mass is 461 g/mol. The van der Waals surface area contributed by atoms with E-state index in [1.165, 1.54) is 22.5 Å². The summed E-state index contributed by atoms with van der Waals surface area (Å²) in [7, 11) is 3.67. The normalized spacial score (nSPS) is 10.9. The number of ether oxygens (including phenoxy) is 1. The summed E-state index contributed by atoms with van der Waals surface area (Å²) < 4.78 is 8.69. The molecule has 7 heteroatoms. The third-order valence-electron chi connectivity index (χ3n) is 4.77. The number of halogens is 1. The predicted molar refractivity (Wildman–Crippen MR) is 116 cm³/mol. The first-order chi connectivity index (χ1) is 13.3. The van der Waals surface area contributed by atoms with Gasteiger partial charge in [0.25, 0.3) is 5.91 Å². The number of aromatic nitrogens is 2. The maximum absolute atomic E-state index is 12.8. The summed E-state index contributed by atoms with van der Waals surface area (Å²) in [5, 5.41) is 6.18. The van der Waals surface area contributed by atoms with Crippen LogP contribution in [0.3, 0.4) is 0 Å². The standard InChI is InChI=1S/C21H24BrN3O2S/c1-13-6-14(2)15(3)19(7-13)27-11-16-8-20(28-12-16)21(26)24(4)10-18-17(22)9-23-25(18)5/h6-9,12H,10-11H2,1-5H3. The average molecular weight is 462 g/mol. The van der Waals surface area contributed by atoms with Crippen LogP contribution in [0.15, 0.2) is 34.2 Å². The Morgan fingerprint density at radius 1 is 1.29 bits per heavy atom. The van der Waals surface area contributed by atoms with Gasteiger partial charge in [-0.25, -0.2) is 0 Å². The van der Waals surface area contributed by atoms with E-state index in [1.807, 2.05) is 18.5 Å². The van der Waals surface area contributed by atoms with E-state index in [9.17, 15) is 4.79 Å². The molecule has 3 aromatic rings. The van der Waals surface area contributed by atoms with Crippen LogP contribution in [-0.4, -0.2) is 27.6 Å². The first kappa shape index (κ1) is 20.6. The van der Waals surface area contributed by atoms with E-state index in [2.05, 4.69) is 53.9 Å². The molecule has 28 heavy (non-hydrogen) atoms. The molecule has 0 aliphatic rings. The Hall–Kier alpha value is -2.12. The van der Waals surface area contributed by atoms with Crippen molar-refractivity contribution in [3.8, 4) is 5.75 Å². The van der Waals surface area contributed by atoms with E-state index < -0.39 is 0 Å². The van der Waals surface area contributed by atoms with Gasteiger partial charge in [0, 0.05) is 19.7 Å². The maximum Gasteiger partial charge on any atom is 0.264 e. The zero-order valence-electron chi connectivity index (χ0n) is 16.7. The van der Waals surface area contributed by atoms with Gasteiger partial charge in [-0.2, -0.15) is 5.10 Å². The zero-order chi connectivity index (χ0) is 20.4. The van der Waals surface area contributed by atoms with Crippen LogP contribution in [0.4, 0.5) is 0 Å². The minimum atomic E-state index is -0.00747. The van der Waals surface area contributed by atoms with E-state index in [1.54, 1.807) is 22.8 Å². The number of thiophene rings is 1. The molecule has 0 N–H and O–H groups in total. The van der Waals surface area contributed by atoms with Crippen molar-refractivity contribution in [3.63, 3.8) is 0 Å². The van der Waals surface area contributed by atoms with Crippen LogP contribution in [0.1, 0.15) is 37.6 Å². The van der Waals surface area contributed by atoms with Gasteiger partial charge in [-0.15, -0.1) is 11.3 Å². The molecule has 0 radical (unpaired) electrons. The highest BCUT2D eigenvalue weighted by atomic mass is 79.9. The predicted octanol–water partition coefficient (Wildman–Crippen LogP) is 5.02. The van der Waals surface area contributed by atoms with Crippen molar-refractivity contribution in [3.05, 3.63) is 67.1 Å². The van der Waals surface area contributed by atoms with Crippen LogP contribution in [0, 0.1) is 20.8 Å². The van der Waals surface area contributed by atoms with E-state index in [0.717, 1.165) is 27.0 Å². The minimum Gasteiger partial charge on any atom is -0.489 e. The molecule has 0 fully saturated rings. The molecule has 0 atom stereocenters. The third kappa shape index (κ3) is 4.47. The lowest BCUT2D eigenvalue weighted by Crippen LogP contribution is -2.26. The highest BCUT2D eigenvalue weighted by molar-refractivity contribution is 9.10. The fraction of sp³-hybridized carbons (Fsp3) is 0.333. The summed E-state index contributed by atoms with van der Waals surface area (Å²) in [6.45, 7) is 7.16. The highest BCUT2D eigenvalue weighted by Gasteiger charge is 2.17. The van der Waals surface area contributed by atoms with Gasteiger partial charge >= 0.3 is 0 Å². The number of hydrogen-bond donors (Lipinski definition) is 0. The van der Waals surface area contributed by atoms with Gasteiger partial charge in [-0.05, 0) is 70.9 Å². The van der Waals surface area contributed by atoms with Crippen LogP contribution < -0.4 is 4.74 Å². The number of amides is 1. The molecule has 0 unspecified atom stereocenters. The van der Waals surface area contributed by atoms with Crippen LogP contribution in [0.25, 0.3) is 0 Å². The molecule has 0 bridgehead atoms. The molecule has 2 aromatic heterocycles. The summed E-state index contributed by atoms with van der Waals surface area (Å²) >= 11 is 4.93. The number of carbonyl (C=O) groups is 1. The van der Waals surface area contributed by atoms with Crippen LogP contribution in [-0.2, 0) is 20.2 Å². The zero-order valence-corrected chi connectivity index (χ0v) is 19.1. The molecule has 1 amide bonds. The van der Waals surface area contributed by atoms with E-state index in [0.29, 0.717) is 18.0 Å². The molecule has 0 aliphatic heterocycles. The second kappa shape index (κ2) is 8.49. The summed E-state index contributed by atoms with van der Waals surface area (Å²) in [5.41, 5.74) is 5.52. The Morgan fingerprint density at radius 2 is 2.04 bits per heavy atom. The SMILES string of the molecule is Cc1cc(C)c(C)c(OCc2csc(C(=O)N(C)Cc3c(Br)cnn3C)c2)c1. The smallest absolute Gasteiger partial charge is 0.264 e. The molecule has 1 aromatic carbocycles. The van der Waals surface area contributed by atoms with Crippen molar-refractivity contribution < 1.29 is 9.53 Å². The highest BCUT2D eigenvalue weighted by Crippen LogP contribution is 2.26. The van der Waals surface area contributed by atoms with E-state index in [-0.39, 0.29) is 5.91 Å². The van der Waals surface area contributed by atoms with Crippen molar-refractivity contribution in [2.75, 3.05) is 7.05 Å². The van der Waals surface area contributed by atoms with E-state index >= 15 is 0 Å². The van der Waals surface area contributed by atoms with Crippen molar-refractivity contribution in [1.29, 1.82) is 0 Å². The van der Waals surface area contributed by atoms with Crippen molar-refractivity contribution in [1.82, 2.24) is 14.7 Å². The Bertz CT molecular complexity index is 990. The molecule has 0 saturated carbocycles. The van der Waals surface area contributed by atoms with Gasteiger partial charge in [0.2, 0.25) is 0 Å². The third-order valence-corrected chi connectivity index (χ3v) is 6.40. The maximum atomic E-state index is 12.8. The van der Waals surface area contributed by atoms with Gasteiger partial charge < -0.3 is 9.64 Å². The fourth-order valence-corrected chi connectivity index (χ4v) is 4.34. The van der Waals surface area contributed by atoms with Crippen molar-refractivity contribution in [2.45, 2.75) is 33.9 Å². The second-order valence-corrected chi connectivity index (χ2v) is 8.80. The fourth-order valence-electron chi connectivity index (χ4n) is 2.97. The lowest BCUT2D eigenvalue weighted by atomic mass is 10.1. The molecule has 0 spiro atoms. The number of aryl methyl sites for hydroxylation is 3. The average Bonchev–Trinajstić information content (AvgIpc) is 3.24. The second-order valence-electron chi connectivity index (χ2n) is 7.04. The summed E-state index contributed by atoms with van der Waals surface area (Å²) in [4.78, 5) is 15.2. The van der Waals surface area contributed by atoms with Gasteiger partial charge in [0.1, 0.15) is 12.4 Å². The first-order valence-corrected chi connectivity index (χ1v) is 10.6. The lowest BCUT2D eigenvalue weighted by Gasteiger charge is -2.16.